The number of halogens is 1. The third kappa shape index (κ3) is 2.49. The van der Waals surface area contributed by atoms with E-state index in [2.05, 4.69) is 0 Å². The average Bonchev–Trinajstić information content (AvgIpc) is 2.01. The highest BCUT2D eigenvalue weighted by molar-refractivity contribution is 14.2. The van der Waals surface area contributed by atoms with Gasteiger partial charge in [0.2, 0.25) is 0 Å². The Hall–Kier alpha value is -0.540. The van der Waals surface area contributed by atoms with E-state index in [9.17, 15) is 14.6 Å². The van der Waals surface area contributed by atoms with Crippen molar-refractivity contribution < 1.29 is 19.1 Å². The molecule has 0 aliphatic rings. The van der Waals surface area contributed by atoms with Crippen LogP contribution in [-0.4, -0.2) is 13.0 Å². The van der Waals surface area contributed by atoms with Gasteiger partial charge in [0, 0.05) is 0 Å². The summed E-state index contributed by atoms with van der Waals surface area (Å²) in [5, 5.41) is 0. The summed E-state index contributed by atoms with van der Waals surface area (Å²) in [5.74, 6) is 0. The summed E-state index contributed by atoms with van der Waals surface area (Å²) in [6, 6.07) is 3.79. The molecule has 0 radical (unpaired) electrons. The van der Waals surface area contributed by atoms with Crippen LogP contribution in [0.15, 0.2) is 23.1 Å². The van der Waals surface area contributed by atoms with E-state index in [-0.39, 0.29) is 3.57 Å². The molecule has 14 heavy (non-hydrogen) atoms. The molecule has 0 atom stereocenters. The van der Waals surface area contributed by atoms with E-state index in [4.69, 9.17) is 4.55 Å². The van der Waals surface area contributed by atoms with Crippen molar-refractivity contribution in [3.05, 3.63) is 27.3 Å². The van der Waals surface area contributed by atoms with Gasteiger partial charge in [0.1, 0.15) is 4.90 Å². The zero-order valence-corrected chi connectivity index (χ0v) is 10.1. The van der Waals surface area contributed by atoms with E-state index in [1.54, 1.807) is 6.92 Å². The highest BCUT2D eigenvalue weighted by atomic mass is 127. The summed E-state index contributed by atoms with van der Waals surface area (Å²) >= 11 is -3.89. The fourth-order valence-electron chi connectivity index (χ4n) is 0.936. The first kappa shape index (κ1) is 11.5. The van der Waals surface area contributed by atoms with E-state index in [1.807, 2.05) is 0 Å². The highest BCUT2D eigenvalue weighted by Gasteiger charge is 2.18. The van der Waals surface area contributed by atoms with E-state index in [0.29, 0.717) is 5.56 Å². The van der Waals surface area contributed by atoms with E-state index >= 15 is 0 Å². The second-order valence-electron chi connectivity index (χ2n) is 2.63. The third-order valence-corrected chi connectivity index (χ3v) is 4.68. The van der Waals surface area contributed by atoms with Crippen LogP contribution < -0.4 is 0 Å². The van der Waals surface area contributed by atoms with Gasteiger partial charge >= 0.3 is 19.8 Å². The van der Waals surface area contributed by atoms with Crippen molar-refractivity contribution in [2.45, 2.75) is 11.8 Å². The average molecular weight is 330 g/mol. The summed E-state index contributed by atoms with van der Waals surface area (Å²) in [5.41, 5.74) is 0.569. The van der Waals surface area contributed by atoms with Crippen LogP contribution in [0.3, 0.4) is 0 Å². The van der Waals surface area contributed by atoms with Crippen LogP contribution in [0.1, 0.15) is 5.56 Å². The van der Waals surface area contributed by atoms with Crippen LogP contribution in [0.25, 0.3) is 0 Å². The van der Waals surface area contributed by atoms with Crippen LogP contribution in [0.5, 0.6) is 0 Å². The maximum Gasteiger partial charge on any atom is 0.342 e. The molecule has 1 aromatic carbocycles. The lowest BCUT2D eigenvalue weighted by Crippen LogP contribution is -2.01. The molecule has 0 fully saturated rings. The van der Waals surface area contributed by atoms with Crippen molar-refractivity contribution in [1.29, 1.82) is 0 Å². The Morgan fingerprint density at radius 2 is 1.86 bits per heavy atom. The zero-order chi connectivity index (χ0) is 10.9. The lowest BCUT2D eigenvalue weighted by Gasteiger charge is -2.00. The Labute approximate surface area is 88.0 Å². The van der Waals surface area contributed by atoms with E-state index in [0.717, 1.165) is 6.07 Å². The molecule has 78 valence electrons. The molecule has 0 spiro atoms. The molecule has 1 aromatic rings. The number of hydrogen-bond donors (Lipinski definition) is 1. The molecule has 5 nitrogen and oxygen atoms in total. The van der Waals surface area contributed by atoms with Gasteiger partial charge in [-0.15, -0.1) is 0 Å². The second kappa shape index (κ2) is 3.91. The Balaban J connectivity index is 3.62. The largest absolute Gasteiger partial charge is 0.342 e. The lowest BCUT2D eigenvalue weighted by atomic mass is 10.2. The van der Waals surface area contributed by atoms with Crippen LogP contribution in [0, 0.1) is 10.5 Å². The smallest absolute Gasteiger partial charge is 0.282 e. The molecule has 0 aliphatic heterocycles. The van der Waals surface area contributed by atoms with Gasteiger partial charge in [-0.1, -0.05) is 6.07 Å². The van der Waals surface area contributed by atoms with Crippen molar-refractivity contribution in [3.63, 3.8) is 0 Å². The Kier molecular flexibility index (Phi) is 3.22. The molecule has 0 heterocycles. The zero-order valence-electron chi connectivity index (χ0n) is 7.10. The molecule has 7 heteroatoms. The van der Waals surface area contributed by atoms with Gasteiger partial charge in [-0.25, -0.2) is 6.14 Å². The molecule has 1 rings (SSSR count). The Bertz CT molecular complexity index is 521. The number of hydrogen-bond acceptors (Lipinski definition) is 4. The van der Waals surface area contributed by atoms with Crippen molar-refractivity contribution in [1.82, 2.24) is 0 Å². The summed E-state index contributed by atoms with van der Waals surface area (Å²) in [4.78, 5) is -0.535. The van der Waals surface area contributed by atoms with Crippen LogP contribution in [0.4, 0.5) is 0 Å². The van der Waals surface area contributed by atoms with Crippen LogP contribution >= 0.6 is 19.8 Å². The minimum atomic E-state index is -4.46. The lowest BCUT2D eigenvalue weighted by molar-refractivity contribution is 0.482. The first-order valence-corrected chi connectivity index (χ1v) is 7.74. The fourth-order valence-corrected chi connectivity index (χ4v) is 3.91. The van der Waals surface area contributed by atoms with Gasteiger partial charge < -0.3 is 0 Å². The van der Waals surface area contributed by atoms with Gasteiger partial charge in [0.25, 0.3) is 10.1 Å². The monoisotopic (exact) mass is 330 g/mol. The maximum atomic E-state index is 10.8. The quantitative estimate of drug-likeness (QED) is 0.657. The van der Waals surface area contributed by atoms with Crippen molar-refractivity contribution in [2.75, 3.05) is 0 Å². The predicted molar refractivity (Wildman–Crippen MR) is 55.1 cm³/mol. The molecule has 0 aliphatic carbocycles. The SMILES string of the molecule is Cc1ccc(I(=O)=O)c(S(=O)(=O)O)c1. The minimum absolute atomic E-state index is 0.303. The minimum Gasteiger partial charge on any atom is -0.282 e. The summed E-state index contributed by atoms with van der Waals surface area (Å²) in [7, 11) is -4.46. The normalized spacial score (nSPS) is 11.9. The van der Waals surface area contributed by atoms with Crippen molar-refractivity contribution in [3.8, 4) is 0 Å². The molecule has 0 amide bonds. The first-order valence-electron chi connectivity index (χ1n) is 3.46. The summed E-state index contributed by atoms with van der Waals surface area (Å²) in [6.07, 6.45) is 0. The number of benzene rings is 1. The van der Waals surface area contributed by atoms with Gasteiger partial charge in [0.15, 0.2) is 0 Å². The number of rotatable bonds is 2. The first-order chi connectivity index (χ1) is 6.32. The molecule has 1 N–H and O–H groups in total. The molecule has 0 saturated heterocycles. The highest BCUT2D eigenvalue weighted by Crippen LogP contribution is 2.26. The van der Waals surface area contributed by atoms with Crippen molar-refractivity contribution >= 4 is 29.9 Å². The topological polar surface area (TPSA) is 88.5 Å². The Morgan fingerprint density at radius 1 is 1.29 bits per heavy atom. The second-order valence-corrected chi connectivity index (χ2v) is 6.42. The van der Waals surface area contributed by atoms with Gasteiger partial charge in [-0.2, -0.15) is 8.42 Å². The third-order valence-electron chi connectivity index (χ3n) is 1.53. The molecule has 0 aromatic heterocycles. The van der Waals surface area contributed by atoms with E-state index in [1.165, 1.54) is 12.1 Å². The van der Waals surface area contributed by atoms with Crippen LogP contribution in [0.2, 0.25) is 0 Å². The molecule has 0 bridgehead atoms. The molecular weight excluding hydrogens is 323 g/mol. The Morgan fingerprint density at radius 3 is 2.29 bits per heavy atom. The number of aryl methyl sites for hydroxylation is 1. The maximum absolute atomic E-state index is 10.8. The van der Waals surface area contributed by atoms with Gasteiger partial charge in [-0.05, 0) is 24.6 Å². The molecule has 0 unspecified atom stereocenters. The predicted octanol–water partition coefficient (Wildman–Crippen LogP) is 1.61. The van der Waals surface area contributed by atoms with Gasteiger partial charge in [-0.3, -0.25) is 4.55 Å². The van der Waals surface area contributed by atoms with Gasteiger partial charge in [0.05, 0.1) is 3.57 Å². The fraction of sp³-hybridized carbons (Fsp3) is 0.143. The summed E-state index contributed by atoms with van der Waals surface area (Å²) in [6.45, 7) is 1.60. The van der Waals surface area contributed by atoms with E-state index < -0.39 is 34.8 Å². The van der Waals surface area contributed by atoms with Crippen molar-refractivity contribution in [2.24, 2.45) is 0 Å². The standard InChI is InChI=1S/C7H7IO5S/c1-5-2-3-6(8(9)10)7(4-5)14(11,12)13/h2-4H,1H3,(H,11,12,13). The van der Waals surface area contributed by atoms with Crippen LogP contribution in [-0.2, 0) is 16.3 Å². The molecular formula is C7H7IO5S. The summed E-state index contributed by atoms with van der Waals surface area (Å²) < 4.78 is 51.6. The molecule has 0 saturated carbocycles.